The van der Waals surface area contributed by atoms with Crippen molar-refractivity contribution in [2.75, 3.05) is 27.7 Å². The third kappa shape index (κ3) is 11.4. The van der Waals surface area contributed by atoms with Crippen molar-refractivity contribution in [2.24, 2.45) is 23.7 Å². The first-order valence-corrected chi connectivity index (χ1v) is 18.0. The monoisotopic (exact) mass is 643 g/mol. The number of nitrogens with zero attached hydrogens (tertiary/aromatic N) is 2. The van der Waals surface area contributed by atoms with Gasteiger partial charge in [-0.15, -0.1) is 0 Å². The molecule has 0 radical (unpaired) electrons. The summed E-state index contributed by atoms with van der Waals surface area (Å²) in [5, 5.41) is 6.60. The van der Waals surface area contributed by atoms with E-state index in [1.807, 2.05) is 45.8 Å². The van der Waals surface area contributed by atoms with Crippen LogP contribution < -0.4 is 10.6 Å². The van der Waals surface area contributed by atoms with Crippen LogP contribution in [0.4, 0.5) is 0 Å². The first-order valence-electron chi connectivity index (χ1n) is 18.0. The fourth-order valence-electron chi connectivity index (χ4n) is 7.45. The second kappa shape index (κ2) is 20.0. The summed E-state index contributed by atoms with van der Waals surface area (Å²) < 4.78 is 5.99. The van der Waals surface area contributed by atoms with E-state index in [-0.39, 0.29) is 66.1 Å². The van der Waals surface area contributed by atoms with E-state index in [0.29, 0.717) is 18.9 Å². The summed E-state index contributed by atoms with van der Waals surface area (Å²) in [6.07, 6.45) is 7.62. The zero-order valence-electron chi connectivity index (χ0n) is 30.7. The lowest BCUT2D eigenvalue weighted by molar-refractivity contribution is -0.145. The summed E-state index contributed by atoms with van der Waals surface area (Å²) in [5.74, 6) is 0.632. The van der Waals surface area contributed by atoms with Crippen LogP contribution in [0.15, 0.2) is 30.3 Å². The van der Waals surface area contributed by atoms with E-state index in [9.17, 15) is 14.4 Å². The van der Waals surface area contributed by atoms with Gasteiger partial charge >= 0.3 is 0 Å². The van der Waals surface area contributed by atoms with Crippen molar-refractivity contribution in [1.29, 1.82) is 0 Å². The molecule has 1 saturated carbocycles. The van der Waals surface area contributed by atoms with Crippen molar-refractivity contribution >= 4 is 17.7 Å². The number of methoxy groups -OCH3 is 1. The molecule has 8 nitrogen and oxygen atoms in total. The van der Waals surface area contributed by atoms with Crippen LogP contribution in [0.3, 0.4) is 0 Å². The van der Waals surface area contributed by atoms with Gasteiger partial charge in [0, 0.05) is 38.7 Å². The lowest BCUT2D eigenvalue weighted by Gasteiger charge is -2.40. The molecule has 7 atom stereocenters. The van der Waals surface area contributed by atoms with Gasteiger partial charge in [0.15, 0.2) is 0 Å². The second-order valence-electron chi connectivity index (χ2n) is 14.2. The number of benzene rings is 1. The van der Waals surface area contributed by atoms with Crippen molar-refractivity contribution in [3.05, 3.63) is 35.9 Å². The third-order valence-corrected chi connectivity index (χ3v) is 10.4. The Morgan fingerprint density at radius 1 is 1.00 bits per heavy atom. The second-order valence-corrected chi connectivity index (χ2v) is 14.2. The fraction of sp³-hybridized carbons (Fsp3) is 0.763. The van der Waals surface area contributed by atoms with E-state index < -0.39 is 6.10 Å². The Morgan fingerprint density at radius 3 is 2.15 bits per heavy atom. The Bertz CT molecular complexity index is 1040. The lowest BCUT2D eigenvalue weighted by Crippen LogP contribution is -2.56. The van der Waals surface area contributed by atoms with Crippen LogP contribution in [-0.2, 0) is 25.5 Å². The minimum absolute atomic E-state index is 0.00453. The van der Waals surface area contributed by atoms with Crippen molar-refractivity contribution < 1.29 is 19.1 Å². The summed E-state index contributed by atoms with van der Waals surface area (Å²) in [6.45, 7) is 15.0. The number of ether oxygens (including phenoxy) is 1. The number of nitrogens with one attached hydrogen (secondary N) is 2. The van der Waals surface area contributed by atoms with Gasteiger partial charge in [0.2, 0.25) is 17.7 Å². The maximum atomic E-state index is 14.0. The highest BCUT2D eigenvalue weighted by atomic mass is 16.5. The molecule has 1 aromatic carbocycles. The molecule has 1 aliphatic carbocycles. The Morgan fingerprint density at radius 2 is 1.63 bits per heavy atom. The molecular formula is C38H66N4O4. The predicted octanol–water partition coefficient (Wildman–Crippen LogP) is 6.08. The van der Waals surface area contributed by atoms with Gasteiger partial charge in [-0.3, -0.25) is 14.4 Å². The molecule has 0 saturated heterocycles. The minimum atomic E-state index is -0.446. The molecule has 46 heavy (non-hydrogen) atoms. The third-order valence-electron chi connectivity index (χ3n) is 10.4. The van der Waals surface area contributed by atoms with Gasteiger partial charge in [-0.05, 0) is 69.4 Å². The van der Waals surface area contributed by atoms with Crippen LogP contribution in [0, 0.1) is 23.7 Å². The Kier molecular flexibility index (Phi) is 17.3. The lowest BCUT2D eigenvalue weighted by atomic mass is 9.89. The maximum Gasteiger partial charge on any atom is 0.240 e. The molecule has 0 aromatic heterocycles. The molecule has 8 heteroatoms. The van der Waals surface area contributed by atoms with Gasteiger partial charge in [0.1, 0.15) is 0 Å². The first-order chi connectivity index (χ1) is 21.9. The van der Waals surface area contributed by atoms with E-state index in [1.54, 1.807) is 12.0 Å². The number of carbonyl (C=O) groups is 3. The smallest absolute Gasteiger partial charge is 0.240 e. The number of rotatable bonds is 20. The largest absolute Gasteiger partial charge is 0.379 e. The van der Waals surface area contributed by atoms with Gasteiger partial charge < -0.3 is 25.2 Å². The Hall–Kier alpha value is -2.45. The molecule has 1 fully saturated rings. The zero-order valence-corrected chi connectivity index (χ0v) is 30.7. The molecular weight excluding hydrogens is 576 g/mol. The molecule has 0 aliphatic heterocycles. The molecule has 5 unspecified atom stereocenters. The number of hydrogen-bond acceptors (Lipinski definition) is 5. The zero-order chi connectivity index (χ0) is 34.4. The van der Waals surface area contributed by atoms with E-state index in [4.69, 9.17) is 4.74 Å². The highest BCUT2D eigenvalue weighted by Crippen LogP contribution is 2.30. The highest BCUT2D eigenvalue weighted by molar-refractivity contribution is 5.83. The molecule has 2 rings (SSSR count). The average Bonchev–Trinajstić information content (AvgIpc) is 3.58. The molecule has 2 N–H and O–H groups in total. The van der Waals surface area contributed by atoms with Crippen LogP contribution in [-0.4, -0.2) is 85.5 Å². The summed E-state index contributed by atoms with van der Waals surface area (Å²) in [4.78, 5) is 44.9. The van der Waals surface area contributed by atoms with Gasteiger partial charge in [-0.25, -0.2) is 0 Å². The summed E-state index contributed by atoms with van der Waals surface area (Å²) in [6, 6.07) is 9.90. The summed E-state index contributed by atoms with van der Waals surface area (Å²) in [5.41, 5.74) is 1.25. The number of hydrogen-bond donors (Lipinski definition) is 2. The Labute approximate surface area is 280 Å². The predicted molar refractivity (Wildman–Crippen MR) is 188 cm³/mol. The van der Waals surface area contributed by atoms with Crippen molar-refractivity contribution in [3.8, 4) is 0 Å². The molecule has 1 aromatic rings. The first kappa shape index (κ1) is 39.7. The van der Waals surface area contributed by atoms with Crippen molar-refractivity contribution in [3.63, 3.8) is 0 Å². The molecule has 0 heterocycles. The van der Waals surface area contributed by atoms with Gasteiger partial charge in [0.25, 0.3) is 0 Å². The molecule has 262 valence electrons. The van der Waals surface area contributed by atoms with E-state index >= 15 is 0 Å². The van der Waals surface area contributed by atoms with Gasteiger partial charge in [-0.1, -0.05) is 91.1 Å². The van der Waals surface area contributed by atoms with Gasteiger partial charge in [0.05, 0.1) is 24.6 Å². The van der Waals surface area contributed by atoms with Crippen LogP contribution >= 0.6 is 0 Å². The summed E-state index contributed by atoms with van der Waals surface area (Å²) >= 11 is 0. The molecule has 0 spiro atoms. The SMILES string of the molecule is CCCN(C(=O)CC(OC)C(C(C)CC)N(C)C(=O)[C@@H](NC)C(C)C)C(C)C[C@@H](C)C(=O)NC(Cc1ccccc1)C1CCCC1. The number of likely N-dealkylation sites (N-methyl/N-ethyl adjacent to an activating group) is 2. The fourth-order valence-corrected chi connectivity index (χ4v) is 7.45. The normalized spacial score (nSPS) is 18.3. The number of carbonyl (C=O) groups excluding carboxylic acids is 3. The topological polar surface area (TPSA) is 91.0 Å². The molecule has 0 bridgehead atoms. The van der Waals surface area contributed by atoms with E-state index in [0.717, 1.165) is 32.1 Å². The van der Waals surface area contributed by atoms with E-state index in [2.05, 4.69) is 62.6 Å². The summed E-state index contributed by atoms with van der Waals surface area (Å²) in [7, 11) is 5.29. The van der Waals surface area contributed by atoms with Crippen LogP contribution in [0.1, 0.15) is 105 Å². The van der Waals surface area contributed by atoms with Crippen LogP contribution in [0.25, 0.3) is 0 Å². The number of amides is 3. The maximum absolute atomic E-state index is 14.0. The highest BCUT2D eigenvalue weighted by Gasteiger charge is 2.38. The minimum Gasteiger partial charge on any atom is -0.379 e. The van der Waals surface area contributed by atoms with Crippen LogP contribution in [0.5, 0.6) is 0 Å². The molecule has 1 aliphatic rings. The van der Waals surface area contributed by atoms with Crippen molar-refractivity contribution in [2.45, 2.75) is 137 Å². The van der Waals surface area contributed by atoms with Crippen molar-refractivity contribution in [1.82, 2.24) is 20.4 Å². The van der Waals surface area contributed by atoms with E-state index in [1.165, 1.54) is 18.4 Å². The molecule has 3 amide bonds. The average molecular weight is 643 g/mol. The standard InChI is InChI=1S/C38H66N4O4/c1-11-22-42(34(43)25-33(46-10)36(27(5)12-2)41(9)38(45)35(39-8)26(3)4)29(7)23-28(6)37(44)40-32(31-20-16-17-21-31)24-30-18-14-13-15-19-30/h13-15,18-19,26-29,31-33,35-36,39H,11-12,16-17,20-25H2,1-10H3,(H,40,44)/t27?,28-,29?,32?,33?,35+,36?/m1/s1. The van der Waals surface area contributed by atoms with Crippen LogP contribution in [0.2, 0.25) is 0 Å². The quantitative estimate of drug-likeness (QED) is 0.180. The Balaban J connectivity index is 2.15. The van der Waals surface area contributed by atoms with Gasteiger partial charge in [-0.2, -0.15) is 0 Å².